The van der Waals surface area contributed by atoms with Gasteiger partial charge in [0, 0.05) is 18.2 Å². The molecule has 3 unspecified atom stereocenters. The van der Waals surface area contributed by atoms with E-state index in [9.17, 15) is 5.11 Å². The maximum atomic E-state index is 15.0. The molecule has 0 spiro atoms. The molecule has 3 aromatic rings. The van der Waals surface area contributed by atoms with Gasteiger partial charge in [0.05, 0.1) is 41.2 Å². The Morgan fingerprint density at radius 1 is 1.33 bits per heavy atom. The van der Waals surface area contributed by atoms with Crippen molar-refractivity contribution in [2.45, 2.75) is 51.3 Å². The summed E-state index contributed by atoms with van der Waals surface area (Å²) < 4.78 is 22.4. The van der Waals surface area contributed by atoms with Crippen molar-refractivity contribution in [1.29, 1.82) is 0 Å². The quantitative estimate of drug-likeness (QED) is 0.658. The number of aryl methyl sites for hydroxylation is 2. The van der Waals surface area contributed by atoms with Gasteiger partial charge in [0.2, 0.25) is 5.95 Å². The molecule has 0 amide bonds. The minimum Gasteiger partial charge on any atom is -0.389 e. The van der Waals surface area contributed by atoms with E-state index in [4.69, 9.17) is 16.3 Å². The van der Waals surface area contributed by atoms with Crippen LogP contribution in [0.1, 0.15) is 37.2 Å². The summed E-state index contributed by atoms with van der Waals surface area (Å²) in [5.41, 5.74) is 3.36. The lowest BCUT2D eigenvalue weighted by Crippen LogP contribution is -2.42. The predicted molar refractivity (Wildman–Crippen MR) is 112 cm³/mol. The SMILES string of the molecule is Cc1nc2c(F)cc(-c3nc(NC4CCOCC4O)ncc3Cl)c3c2n1C(C)CC3. The molecular weight excluding hydrogens is 409 g/mol. The van der Waals surface area contributed by atoms with Gasteiger partial charge in [0.25, 0.3) is 0 Å². The van der Waals surface area contributed by atoms with Gasteiger partial charge in [-0.05, 0) is 44.7 Å². The third-order valence-corrected chi connectivity index (χ3v) is 6.37. The number of nitrogens with zero attached hydrogens (tertiary/aromatic N) is 4. The van der Waals surface area contributed by atoms with Crippen LogP contribution in [0, 0.1) is 12.7 Å². The molecule has 1 aromatic carbocycles. The summed E-state index contributed by atoms with van der Waals surface area (Å²) in [6, 6.07) is 1.52. The average molecular weight is 432 g/mol. The number of rotatable bonds is 3. The zero-order valence-electron chi connectivity index (χ0n) is 16.8. The summed E-state index contributed by atoms with van der Waals surface area (Å²) in [5, 5.41) is 13.7. The zero-order chi connectivity index (χ0) is 21.0. The van der Waals surface area contributed by atoms with E-state index in [1.165, 1.54) is 12.3 Å². The number of hydrogen-bond acceptors (Lipinski definition) is 6. The lowest BCUT2D eigenvalue weighted by molar-refractivity contribution is -0.0136. The number of imidazole rings is 1. The molecule has 2 N–H and O–H groups in total. The Balaban J connectivity index is 1.62. The van der Waals surface area contributed by atoms with Gasteiger partial charge in [-0.1, -0.05) is 11.6 Å². The second-order valence-electron chi connectivity index (χ2n) is 8.07. The minimum atomic E-state index is -0.643. The van der Waals surface area contributed by atoms with Gasteiger partial charge in [-0.2, -0.15) is 0 Å². The first-order chi connectivity index (χ1) is 14.4. The van der Waals surface area contributed by atoms with Crippen LogP contribution in [0.4, 0.5) is 10.3 Å². The average Bonchev–Trinajstić information content (AvgIpc) is 3.08. The van der Waals surface area contributed by atoms with Gasteiger partial charge in [0.15, 0.2) is 5.82 Å². The van der Waals surface area contributed by atoms with Crippen molar-refractivity contribution in [2.75, 3.05) is 18.5 Å². The number of benzene rings is 1. The van der Waals surface area contributed by atoms with Crippen molar-refractivity contribution in [2.24, 2.45) is 0 Å². The predicted octanol–water partition coefficient (Wildman–Crippen LogP) is 3.66. The number of nitrogens with one attached hydrogen (secondary N) is 1. The number of hydrogen-bond donors (Lipinski definition) is 2. The normalized spacial score (nSPS) is 23.7. The summed E-state index contributed by atoms with van der Waals surface area (Å²) >= 11 is 6.46. The summed E-state index contributed by atoms with van der Waals surface area (Å²) in [6.07, 6.45) is 3.24. The van der Waals surface area contributed by atoms with Gasteiger partial charge in [-0.3, -0.25) is 0 Å². The van der Waals surface area contributed by atoms with Crippen molar-refractivity contribution in [3.8, 4) is 11.3 Å². The van der Waals surface area contributed by atoms with E-state index in [1.807, 2.05) is 6.92 Å². The van der Waals surface area contributed by atoms with Crippen LogP contribution in [0.5, 0.6) is 0 Å². The molecule has 0 aliphatic carbocycles. The summed E-state index contributed by atoms with van der Waals surface area (Å²) in [7, 11) is 0. The molecule has 2 aliphatic rings. The summed E-state index contributed by atoms with van der Waals surface area (Å²) in [5.74, 6) is 0.768. The highest BCUT2D eigenvalue weighted by Crippen LogP contribution is 2.40. The van der Waals surface area contributed by atoms with Crippen LogP contribution < -0.4 is 5.32 Å². The molecule has 9 heteroatoms. The van der Waals surface area contributed by atoms with E-state index in [1.54, 1.807) is 0 Å². The maximum Gasteiger partial charge on any atom is 0.223 e. The third kappa shape index (κ3) is 3.14. The molecular formula is C21H23ClFN5O2. The first kappa shape index (κ1) is 19.7. The molecule has 2 aliphatic heterocycles. The van der Waals surface area contributed by atoms with Crippen LogP contribution in [0.25, 0.3) is 22.3 Å². The van der Waals surface area contributed by atoms with Crippen LogP contribution in [-0.4, -0.2) is 50.0 Å². The fourth-order valence-corrected chi connectivity index (χ4v) is 4.77. The molecule has 7 nitrogen and oxygen atoms in total. The molecule has 1 fully saturated rings. The van der Waals surface area contributed by atoms with Crippen LogP contribution in [-0.2, 0) is 11.2 Å². The lowest BCUT2D eigenvalue weighted by Gasteiger charge is -2.28. The number of aromatic nitrogens is 4. The fourth-order valence-electron chi connectivity index (χ4n) is 4.58. The molecule has 0 bridgehead atoms. The molecule has 1 saturated heterocycles. The Kier molecular flexibility index (Phi) is 4.88. The monoisotopic (exact) mass is 431 g/mol. The Labute approximate surface area is 178 Å². The second kappa shape index (κ2) is 7.44. The van der Waals surface area contributed by atoms with E-state index in [-0.39, 0.29) is 24.5 Å². The van der Waals surface area contributed by atoms with Crippen LogP contribution in [0.15, 0.2) is 12.3 Å². The minimum absolute atomic E-state index is 0.213. The number of aliphatic hydroxyl groups is 1. The molecule has 4 heterocycles. The number of ether oxygens (including phenoxy) is 1. The molecule has 0 saturated carbocycles. The molecule has 0 radical (unpaired) electrons. The summed E-state index contributed by atoms with van der Waals surface area (Å²) in [6.45, 7) is 4.86. The van der Waals surface area contributed by atoms with Crippen molar-refractivity contribution in [3.63, 3.8) is 0 Å². The Bertz CT molecular complexity index is 1130. The van der Waals surface area contributed by atoms with E-state index in [0.717, 1.165) is 29.7 Å². The molecule has 158 valence electrons. The Morgan fingerprint density at radius 3 is 2.97 bits per heavy atom. The van der Waals surface area contributed by atoms with E-state index in [2.05, 4.69) is 31.8 Å². The highest BCUT2D eigenvalue weighted by Gasteiger charge is 2.28. The zero-order valence-corrected chi connectivity index (χ0v) is 17.6. The van der Waals surface area contributed by atoms with Gasteiger partial charge in [0.1, 0.15) is 11.3 Å². The van der Waals surface area contributed by atoms with Crippen molar-refractivity contribution >= 4 is 28.6 Å². The lowest BCUT2D eigenvalue weighted by atomic mass is 9.93. The number of halogens is 2. The molecule has 2 aromatic heterocycles. The molecule has 3 atom stereocenters. The number of anilines is 1. The Morgan fingerprint density at radius 2 is 2.17 bits per heavy atom. The van der Waals surface area contributed by atoms with Crippen LogP contribution >= 0.6 is 11.6 Å². The van der Waals surface area contributed by atoms with Crippen LogP contribution in [0.2, 0.25) is 5.02 Å². The summed E-state index contributed by atoms with van der Waals surface area (Å²) in [4.78, 5) is 13.3. The largest absolute Gasteiger partial charge is 0.389 e. The third-order valence-electron chi connectivity index (χ3n) is 6.09. The first-order valence-corrected chi connectivity index (χ1v) is 10.6. The Hall–Kier alpha value is -2.29. The topological polar surface area (TPSA) is 85.1 Å². The van der Waals surface area contributed by atoms with E-state index < -0.39 is 6.10 Å². The fraction of sp³-hybridized carbons (Fsp3) is 0.476. The van der Waals surface area contributed by atoms with E-state index in [0.29, 0.717) is 40.8 Å². The second-order valence-corrected chi connectivity index (χ2v) is 8.48. The van der Waals surface area contributed by atoms with Crippen molar-refractivity contribution < 1.29 is 14.2 Å². The molecule has 30 heavy (non-hydrogen) atoms. The number of aliphatic hydroxyl groups excluding tert-OH is 1. The van der Waals surface area contributed by atoms with Crippen molar-refractivity contribution in [1.82, 2.24) is 19.5 Å². The van der Waals surface area contributed by atoms with Crippen LogP contribution in [0.3, 0.4) is 0 Å². The van der Waals surface area contributed by atoms with Gasteiger partial charge in [-0.25, -0.2) is 19.3 Å². The maximum absolute atomic E-state index is 15.0. The molecule has 5 rings (SSSR count). The smallest absolute Gasteiger partial charge is 0.223 e. The van der Waals surface area contributed by atoms with Crippen molar-refractivity contribution in [3.05, 3.63) is 34.5 Å². The highest BCUT2D eigenvalue weighted by molar-refractivity contribution is 6.33. The van der Waals surface area contributed by atoms with Gasteiger partial charge in [-0.15, -0.1) is 0 Å². The van der Waals surface area contributed by atoms with E-state index >= 15 is 4.39 Å². The van der Waals surface area contributed by atoms with Gasteiger partial charge < -0.3 is 19.7 Å². The van der Waals surface area contributed by atoms with Gasteiger partial charge >= 0.3 is 0 Å². The highest BCUT2D eigenvalue weighted by atomic mass is 35.5. The standard InChI is InChI=1S/C21H23ClFN5O2/c1-10-3-4-12-13(7-15(23)19-20(12)28(10)11(2)25-19)18-14(22)8-24-21(27-18)26-16-5-6-30-9-17(16)29/h7-8,10,16-17,29H,3-6,9H2,1-2H3,(H,24,26,27). The first-order valence-electron chi connectivity index (χ1n) is 10.2.